The van der Waals surface area contributed by atoms with Crippen molar-refractivity contribution in [3.05, 3.63) is 18.0 Å². The molecule has 0 aromatic carbocycles. The molecule has 1 aromatic heterocycles. The van der Waals surface area contributed by atoms with Gasteiger partial charge in [-0.2, -0.15) is 5.10 Å². The highest BCUT2D eigenvalue weighted by atomic mass is 16.2. The molecule has 0 radical (unpaired) electrons. The summed E-state index contributed by atoms with van der Waals surface area (Å²) in [5.74, 6) is 0.660. The predicted molar refractivity (Wildman–Crippen MR) is 56.0 cm³/mol. The van der Waals surface area contributed by atoms with Gasteiger partial charge in [0.05, 0.1) is 0 Å². The van der Waals surface area contributed by atoms with Crippen molar-refractivity contribution in [3.8, 4) is 0 Å². The Labute approximate surface area is 88.8 Å². The van der Waals surface area contributed by atoms with Crippen LogP contribution in [0.15, 0.2) is 12.3 Å². The molecular weight excluding hydrogens is 192 g/mol. The number of hydrazine groups is 1. The van der Waals surface area contributed by atoms with Crippen molar-refractivity contribution in [1.82, 2.24) is 20.6 Å². The third-order valence-electron chi connectivity index (χ3n) is 2.79. The van der Waals surface area contributed by atoms with Gasteiger partial charge in [0.25, 0.3) is 5.91 Å². The predicted octanol–water partition coefficient (Wildman–Crippen LogP) is 0.786. The van der Waals surface area contributed by atoms with E-state index in [1.807, 2.05) is 5.01 Å². The minimum absolute atomic E-state index is 0.109. The fourth-order valence-electron chi connectivity index (χ4n) is 1.71. The molecule has 0 unspecified atom stereocenters. The molecule has 1 aromatic rings. The fraction of sp³-hybridized carbons (Fsp3) is 0.600. The topological polar surface area (TPSA) is 61.0 Å². The normalized spacial score (nSPS) is 19.0. The lowest BCUT2D eigenvalue weighted by molar-refractivity contribution is 0.0706. The number of carbonyl (C=O) groups excluding carboxylic acids is 1. The van der Waals surface area contributed by atoms with E-state index in [1.54, 1.807) is 12.3 Å². The maximum Gasteiger partial charge on any atom is 0.283 e. The quantitative estimate of drug-likeness (QED) is 0.755. The van der Waals surface area contributed by atoms with Crippen molar-refractivity contribution in [2.75, 3.05) is 13.1 Å². The Hall–Kier alpha value is -1.36. The Balaban J connectivity index is 1.85. The van der Waals surface area contributed by atoms with Crippen molar-refractivity contribution in [2.24, 2.45) is 5.92 Å². The second-order valence-corrected chi connectivity index (χ2v) is 4.08. The molecule has 0 bridgehead atoms. The molecule has 0 aliphatic carbocycles. The minimum Gasteiger partial charge on any atom is -0.283 e. The van der Waals surface area contributed by atoms with Crippen LogP contribution < -0.4 is 5.43 Å². The van der Waals surface area contributed by atoms with E-state index >= 15 is 0 Å². The molecule has 1 saturated heterocycles. The monoisotopic (exact) mass is 208 g/mol. The first-order valence-corrected chi connectivity index (χ1v) is 5.31. The van der Waals surface area contributed by atoms with Crippen LogP contribution in [0.4, 0.5) is 0 Å². The number of hydrogen-bond donors (Lipinski definition) is 2. The van der Waals surface area contributed by atoms with Gasteiger partial charge >= 0.3 is 0 Å². The maximum absolute atomic E-state index is 11.6. The number of piperidine rings is 1. The van der Waals surface area contributed by atoms with E-state index in [0.717, 1.165) is 31.8 Å². The van der Waals surface area contributed by atoms with Gasteiger partial charge in [0.2, 0.25) is 0 Å². The van der Waals surface area contributed by atoms with Crippen LogP contribution in [0.2, 0.25) is 0 Å². The molecule has 2 N–H and O–H groups in total. The number of aromatic nitrogens is 2. The number of amides is 1. The van der Waals surface area contributed by atoms with Crippen molar-refractivity contribution < 1.29 is 4.79 Å². The molecule has 5 nitrogen and oxygen atoms in total. The molecule has 0 atom stereocenters. The Morgan fingerprint density at radius 2 is 2.33 bits per heavy atom. The zero-order chi connectivity index (χ0) is 10.7. The number of H-pyrrole nitrogens is 1. The highest BCUT2D eigenvalue weighted by Gasteiger charge is 2.18. The lowest BCUT2D eigenvalue weighted by atomic mass is 10.0. The molecule has 0 saturated carbocycles. The van der Waals surface area contributed by atoms with E-state index in [0.29, 0.717) is 5.69 Å². The van der Waals surface area contributed by atoms with Crippen LogP contribution in [0, 0.1) is 5.92 Å². The molecular formula is C10H16N4O. The van der Waals surface area contributed by atoms with E-state index in [9.17, 15) is 4.79 Å². The number of carbonyl (C=O) groups is 1. The van der Waals surface area contributed by atoms with Gasteiger partial charge in [0, 0.05) is 19.3 Å². The number of nitrogens with zero attached hydrogens (tertiary/aromatic N) is 2. The highest BCUT2D eigenvalue weighted by Crippen LogP contribution is 2.14. The highest BCUT2D eigenvalue weighted by molar-refractivity contribution is 5.91. The Morgan fingerprint density at radius 1 is 1.60 bits per heavy atom. The van der Waals surface area contributed by atoms with Gasteiger partial charge < -0.3 is 0 Å². The summed E-state index contributed by atoms with van der Waals surface area (Å²) in [7, 11) is 0. The van der Waals surface area contributed by atoms with Crippen LogP contribution in [-0.2, 0) is 0 Å². The van der Waals surface area contributed by atoms with Crippen LogP contribution in [0.3, 0.4) is 0 Å². The molecule has 1 aliphatic heterocycles. The first-order valence-electron chi connectivity index (χ1n) is 5.31. The molecule has 82 valence electrons. The molecule has 2 rings (SSSR count). The van der Waals surface area contributed by atoms with Crippen LogP contribution in [0.25, 0.3) is 0 Å². The van der Waals surface area contributed by atoms with Gasteiger partial charge in [-0.1, -0.05) is 6.92 Å². The molecule has 15 heavy (non-hydrogen) atoms. The van der Waals surface area contributed by atoms with E-state index in [2.05, 4.69) is 22.5 Å². The zero-order valence-electron chi connectivity index (χ0n) is 8.86. The Kier molecular flexibility index (Phi) is 3.01. The van der Waals surface area contributed by atoms with Crippen molar-refractivity contribution in [1.29, 1.82) is 0 Å². The summed E-state index contributed by atoms with van der Waals surface area (Å²) in [5.41, 5.74) is 3.37. The number of hydrogen-bond acceptors (Lipinski definition) is 3. The van der Waals surface area contributed by atoms with E-state index in [4.69, 9.17) is 0 Å². The van der Waals surface area contributed by atoms with E-state index in [1.165, 1.54) is 0 Å². The molecule has 2 heterocycles. The first-order chi connectivity index (χ1) is 7.25. The average molecular weight is 208 g/mol. The second kappa shape index (κ2) is 4.44. The van der Waals surface area contributed by atoms with Gasteiger partial charge in [-0.15, -0.1) is 0 Å². The summed E-state index contributed by atoms with van der Waals surface area (Å²) in [6.07, 6.45) is 3.86. The lowest BCUT2D eigenvalue weighted by Gasteiger charge is -2.29. The van der Waals surface area contributed by atoms with Gasteiger partial charge in [-0.05, 0) is 24.8 Å². The van der Waals surface area contributed by atoms with Gasteiger partial charge in [0.15, 0.2) is 0 Å². The summed E-state index contributed by atoms with van der Waals surface area (Å²) < 4.78 is 0. The number of rotatable bonds is 2. The molecule has 1 aliphatic rings. The standard InChI is InChI=1S/C10H16N4O/c1-8-3-6-14(7-4-8)13-10(15)9-2-5-11-12-9/h2,5,8H,3-4,6-7H2,1H3,(H,11,12)(H,13,15). The van der Waals surface area contributed by atoms with E-state index < -0.39 is 0 Å². The smallest absolute Gasteiger partial charge is 0.283 e. The SMILES string of the molecule is CC1CCN(NC(=O)c2ccn[nH]2)CC1. The lowest BCUT2D eigenvalue weighted by Crippen LogP contribution is -2.46. The van der Waals surface area contributed by atoms with Gasteiger partial charge in [-0.25, -0.2) is 5.01 Å². The summed E-state index contributed by atoms with van der Waals surface area (Å²) in [4.78, 5) is 11.6. The zero-order valence-corrected chi connectivity index (χ0v) is 8.86. The summed E-state index contributed by atoms with van der Waals surface area (Å²) in [6.45, 7) is 4.11. The van der Waals surface area contributed by atoms with Gasteiger partial charge in [0.1, 0.15) is 5.69 Å². The minimum atomic E-state index is -0.109. The molecule has 1 fully saturated rings. The molecule has 0 spiro atoms. The average Bonchev–Trinajstić information content (AvgIpc) is 2.74. The summed E-state index contributed by atoms with van der Waals surface area (Å²) in [6, 6.07) is 1.67. The summed E-state index contributed by atoms with van der Waals surface area (Å²) in [5, 5.41) is 8.37. The van der Waals surface area contributed by atoms with E-state index in [-0.39, 0.29) is 5.91 Å². The van der Waals surface area contributed by atoms with Crippen molar-refractivity contribution in [2.45, 2.75) is 19.8 Å². The van der Waals surface area contributed by atoms with Crippen LogP contribution in [-0.4, -0.2) is 34.2 Å². The van der Waals surface area contributed by atoms with Gasteiger partial charge in [-0.3, -0.25) is 15.3 Å². The number of nitrogens with one attached hydrogen (secondary N) is 2. The van der Waals surface area contributed by atoms with Crippen molar-refractivity contribution >= 4 is 5.91 Å². The van der Waals surface area contributed by atoms with Crippen molar-refractivity contribution in [3.63, 3.8) is 0 Å². The fourth-order valence-corrected chi connectivity index (χ4v) is 1.71. The molecule has 1 amide bonds. The van der Waals surface area contributed by atoms with Crippen LogP contribution >= 0.6 is 0 Å². The van der Waals surface area contributed by atoms with Crippen LogP contribution in [0.1, 0.15) is 30.3 Å². The third kappa shape index (κ3) is 2.56. The second-order valence-electron chi connectivity index (χ2n) is 4.08. The summed E-state index contributed by atoms with van der Waals surface area (Å²) >= 11 is 0. The largest absolute Gasteiger partial charge is 0.283 e. The maximum atomic E-state index is 11.6. The Bertz CT molecular complexity index is 314. The third-order valence-corrected chi connectivity index (χ3v) is 2.79. The Morgan fingerprint density at radius 3 is 2.93 bits per heavy atom. The van der Waals surface area contributed by atoms with Crippen LogP contribution in [0.5, 0.6) is 0 Å². The number of aromatic amines is 1. The first kappa shape index (κ1) is 10.2. The molecule has 5 heteroatoms.